The van der Waals surface area contributed by atoms with Gasteiger partial charge in [0.2, 0.25) is 15.9 Å². The van der Waals surface area contributed by atoms with E-state index in [0.29, 0.717) is 23.7 Å². The van der Waals surface area contributed by atoms with Gasteiger partial charge in [-0.2, -0.15) is 4.98 Å². The molecule has 0 aliphatic carbocycles. The average molecular weight is 613 g/mol. The molecular formula is C23H28IN5O5S. The minimum absolute atomic E-state index is 0.00270. The number of fused-ring (bicyclic) bond motifs is 1. The van der Waals surface area contributed by atoms with Gasteiger partial charge in [0.15, 0.2) is 5.58 Å². The Kier molecular flexibility index (Phi) is 7.83. The zero-order valence-electron chi connectivity index (χ0n) is 19.5. The number of benzene rings is 2. The summed E-state index contributed by atoms with van der Waals surface area (Å²) in [4.78, 5) is 18.4. The van der Waals surface area contributed by atoms with Gasteiger partial charge in [0.1, 0.15) is 11.3 Å². The van der Waals surface area contributed by atoms with Crippen molar-refractivity contribution in [3.05, 3.63) is 39.5 Å². The predicted molar refractivity (Wildman–Crippen MR) is 142 cm³/mol. The molecule has 188 valence electrons. The highest BCUT2D eigenvalue weighted by molar-refractivity contribution is 14.1. The van der Waals surface area contributed by atoms with Crippen molar-refractivity contribution in [2.75, 3.05) is 30.3 Å². The summed E-state index contributed by atoms with van der Waals surface area (Å²) in [6, 6.07) is 8.97. The summed E-state index contributed by atoms with van der Waals surface area (Å²) >= 11 is 2.20. The van der Waals surface area contributed by atoms with E-state index < -0.39 is 10.0 Å². The van der Waals surface area contributed by atoms with Crippen molar-refractivity contribution in [2.24, 2.45) is 5.14 Å². The molecule has 0 spiro atoms. The number of carbonyl (C=O) groups is 1. The Morgan fingerprint density at radius 2 is 2.03 bits per heavy atom. The van der Waals surface area contributed by atoms with Crippen LogP contribution >= 0.6 is 22.6 Å². The topological polar surface area (TPSA) is 140 Å². The number of oxazole rings is 1. The number of nitrogens with zero attached hydrogens (tertiary/aromatic N) is 2. The smallest absolute Gasteiger partial charge is 0.295 e. The Morgan fingerprint density at radius 3 is 2.69 bits per heavy atom. The van der Waals surface area contributed by atoms with Crippen LogP contribution in [0.4, 0.5) is 11.7 Å². The van der Waals surface area contributed by atoms with Crippen LogP contribution < -0.4 is 20.5 Å². The van der Waals surface area contributed by atoms with E-state index in [-0.39, 0.29) is 16.8 Å². The highest BCUT2D eigenvalue weighted by Crippen LogP contribution is 2.32. The lowest BCUT2D eigenvalue weighted by Gasteiger charge is -2.32. The standard InChI is InChI=1S/C23H28IN5O5S/c1-3-33-21-11-15(10-19(22(21)24)26-14(2)30)13-29-8-6-16(7-9-29)27-23-28-18-12-17(35(25,31)32)4-5-20(18)34-23/h4-5,10-12,16H,3,6-9,13H2,1-2H3,(H,26,30)(H,27,28)(H2,25,31,32). The molecular weight excluding hydrogens is 585 g/mol. The Balaban J connectivity index is 1.38. The molecule has 12 heteroatoms. The summed E-state index contributed by atoms with van der Waals surface area (Å²) in [5.74, 6) is 0.655. The van der Waals surface area contributed by atoms with Crippen molar-refractivity contribution in [3.63, 3.8) is 0 Å². The third-order valence-electron chi connectivity index (χ3n) is 5.72. The van der Waals surface area contributed by atoms with Gasteiger partial charge in [-0.3, -0.25) is 9.69 Å². The number of nitrogens with one attached hydrogen (secondary N) is 2. The number of nitrogens with two attached hydrogens (primary N) is 1. The average Bonchev–Trinajstić information content (AvgIpc) is 3.19. The lowest BCUT2D eigenvalue weighted by molar-refractivity contribution is -0.114. The number of primary sulfonamides is 1. The molecule has 1 saturated heterocycles. The number of hydrogen-bond acceptors (Lipinski definition) is 8. The SMILES string of the molecule is CCOc1cc(CN2CCC(Nc3nc4cc(S(N)(=O)=O)ccc4o3)CC2)cc(NC(C)=O)c1I. The molecule has 2 heterocycles. The van der Waals surface area contributed by atoms with E-state index in [4.69, 9.17) is 14.3 Å². The van der Waals surface area contributed by atoms with E-state index in [1.165, 1.54) is 19.1 Å². The molecule has 0 saturated carbocycles. The van der Waals surface area contributed by atoms with Crippen LogP contribution in [-0.2, 0) is 21.4 Å². The number of sulfonamides is 1. The van der Waals surface area contributed by atoms with Gasteiger partial charge < -0.3 is 19.8 Å². The summed E-state index contributed by atoms with van der Waals surface area (Å²) in [6.45, 7) is 6.48. The Bertz CT molecular complexity index is 1340. The second-order valence-electron chi connectivity index (χ2n) is 8.46. The summed E-state index contributed by atoms with van der Waals surface area (Å²) in [7, 11) is -3.80. The number of halogens is 1. The van der Waals surface area contributed by atoms with Gasteiger partial charge in [-0.15, -0.1) is 0 Å². The van der Waals surface area contributed by atoms with Gasteiger partial charge in [0.05, 0.1) is 20.8 Å². The quantitative estimate of drug-likeness (QED) is 0.328. The summed E-state index contributed by atoms with van der Waals surface area (Å²) in [5.41, 5.74) is 2.78. The minimum atomic E-state index is -3.80. The van der Waals surface area contributed by atoms with Gasteiger partial charge in [0, 0.05) is 32.6 Å². The molecule has 0 bridgehead atoms. The van der Waals surface area contributed by atoms with Crippen molar-refractivity contribution in [3.8, 4) is 5.75 Å². The molecule has 1 aliphatic heterocycles. The molecule has 4 rings (SSSR count). The van der Waals surface area contributed by atoms with Gasteiger partial charge in [-0.25, -0.2) is 13.6 Å². The monoisotopic (exact) mass is 613 g/mol. The molecule has 1 aliphatic rings. The number of anilines is 2. The van der Waals surface area contributed by atoms with E-state index in [1.54, 1.807) is 6.07 Å². The number of ether oxygens (including phenoxy) is 1. The van der Waals surface area contributed by atoms with Crippen LogP contribution in [0.3, 0.4) is 0 Å². The maximum Gasteiger partial charge on any atom is 0.295 e. The summed E-state index contributed by atoms with van der Waals surface area (Å²) < 4.78 is 35.5. The molecule has 1 amide bonds. The maximum atomic E-state index is 11.6. The predicted octanol–water partition coefficient (Wildman–Crippen LogP) is 3.51. The number of likely N-dealkylation sites (tertiary alicyclic amines) is 1. The fourth-order valence-corrected chi connectivity index (χ4v) is 5.24. The molecule has 1 aromatic heterocycles. The van der Waals surface area contributed by atoms with Crippen molar-refractivity contribution in [1.29, 1.82) is 0 Å². The lowest BCUT2D eigenvalue weighted by atomic mass is 10.0. The molecule has 2 aromatic carbocycles. The van der Waals surface area contributed by atoms with E-state index >= 15 is 0 Å². The van der Waals surface area contributed by atoms with Crippen LogP contribution in [0.5, 0.6) is 5.75 Å². The van der Waals surface area contributed by atoms with Gasteiger partial charge >= 0.3 is 0 Å². The van der Waals surface area contributed by atoms with Gasteiger partial charge in [-0.1, -0.05) is 0 Å². The van der Waals surface area contributed by atoms with Crippen LogP contribution in [0.1, 0.15) is 32.3 Å². The van der Waals surface area contributed by atoms with E-state index in [1.807, 2.05) is 19.1 Å². The van der Waals surface area contributed by atoms with Crippen molar-refractivity contribution in [1.82, 2.24) is 9.88 Å². The van der Waals surface area contributed by atoms with Crippen molar-refractivity contribution in [2.45, 2.75) is 44.2 Å². The molecule has 0 unspecified atom stereocenters. The Labute approximate surface area is 217 Å². The number of rotatable bonds is 8. The van der Waals surface area contributed by atoms with Crippen LogP contribution in [0, 0.1) is 3.57 Å². The first-order valence-electron chi connectivity index (χ1n) is 11.3. The van der Waals surface area contributed by atoms with Crippen molar-refractivity contribution < 1.29 is 22.4 Å². The summed E-state index contributed by atoms with van der Waals surface area (Å²) in [5, 5.41) is 11.4. The van der Waals surface area contributed by atoms with Crippen molar-refractivity contribution >= 4 is 61.3 Å². The molecule has 35 heavy (non-hydrogen) atoms. The van der Waals surface area contributed by atoms with Crippen LogP contribution in [-0.4, -0.2) is 49.9 Å². The third-order valence-corrected chi connectivity index (χ3v) is 7.74. The fourth-order valence-electron chi connectivity index (χ4n) is 4.10. The normalized spacial score (nSPS) is 15.3. The van der Waals surface area contributed by atoms with Crippen LogP contribution in [0.2, 0.25) is 0 Å². The molecule has 4 N–H and O–H groups in total. The van der Waals surface area contributed by atoms with Crippen LogP contribution in [0.25, 0.3) is 11.1 Å². The number of carbonyl (C=O) groups excluding carboxylic acids is 1. The highest BCUT2D eigenvalue weighted by atomic mass is 127. The second-order valence-corrected chi connectivity index (χ2v) is 11.1. The highest BCUT2D eigenvalue weighted by Gasteiger charge is 2.22. The van der Waals surface area contributed by atoms with E-state index in [9.17, 15) is 13.2 Å². The number of amides is 1. The number of aromatic nitrogens is 1. The first-order chi connectivity index (χ1) is 16.6. The molecule has 0 radical (unpaired) electrons. The molecule has 10 nitrogen and oxygen atoms in total. The first kappa shape index (κ1) is 25.7. The zero-order chi connectivity index (χ0) is 25.2. The zero-order valence-corrected chi connectivity index (χ0v) is 22.5. The largest absolute Gasteiger partial charge is 0.493 e. The molecule has 1 fully saturated rings. The fraction of sp³-hybridized carbons (Fsp3) is 0.391. The first-order valence-corrected chi connectivity index (χ1v) is 13.9. The second kappa shape index (κ2) is 10.7. The molecule has 0 atom stereocenters. The third kappa shape index (κ3) is 6.42. The number of piperidine rings is 1. The summed E-state index contributed by atoms with van der Waals surface area (Å²) in [6.07, 6.45) is 1.78. The van der Waals surface area contributed by atoms with Gasteiger partial charge in [-0.05, 0) is 78.3 Å². The number of hydrogen-bond donors (Lipinski definition) is 3. The van der Waals surface area contributed by atoms with Crippen LogP contribution in [0.15, 0.2) is 39.6 Å². The molecule has 3 aromatic rings. The maximum absolute atomic E-state index is 11.6. The minimum Gasteiger partial charge on any atom is -0.493 e. The lowest BCUT2D eigenvalue weighted by Crippen LogP contribution is -2.38. The van der Waals surface area contributed by atoms with Gasteiger partial charge in [0.25, 0.3) is 6.01 Å². The Morgan fingerprint density at radius 1 is 1.29 bits per heavy atom. The Hall–Kier alpha value is -2.42. The van der Waals surface area contributed by atoms with E-state index in [2.05, 4.69) is 43.1 Å². The van der Waals surface area contributed by atoms with E-state index in [0.717, 1.165) is 53.0 Å².